The Labute approximate surface area is 67.9 Å². The fraction of sp³-hybridized carbons (Fsp3) is 0.889. The molecule has 0 spiro atoms. The van der Waals surface area contributed by atoms with E-state index in [0.29, 0.717) is 12.4 Å². The molecule has 0 radical (unpaired) electrons. The first-order chi connectivity index (χ1) is 5.05. The lowest BCUT2D eigenvalue weighted by molar-refractivity contribution is -0.147. The maximum absolute atomic E-state index is 10.1. The summed E-state index contributed by atoms with van der Waals surface area (Å²) in [6.07, 6.45) is 2.43. The Bertz CT molecular complexity index is 146. The van der Waals surface area contributed by atoms with Crippen LogP contribution in [-0.2, 0) is 9.53 Å². The molecule has 11 heavy (non-hydrogen) atoms. The van der Waals surface area contributed by atoms with Crippen molar-refractivity contribution in [1.82, 2.24) is 0 Å². The van der Waals surface area contributed by atoms with Gasteiger partial charge in [-0.1, -0.05) is 20.8 Å². The number of hydrogen-bond donors (Lipinski definition) is 0. The molecular weight excluding hydrogens is 140 g/mol. The summed E-state index contributed by atoms with van der Waals surface area (Å²) in [5.74, 6) is 0.563. The zero-order valence-corrected chi connectivity index (χ0v) is 7.46. The molecule has 1 saturated carbocycles. The molecule has 0 heterocycles. The largest absolute Gasteiger partial charge is 0.464 e. The minimum atomic E-state index is 0.187. The first-order valence-corrected chi connectivity index (χ1v) is 4.15. The van der Waals surface area contributed by atoms with E-state index in [1.807, 2.05) is 0 Å². The van der Waals surface area contributed by atoms with Gasteiger partial charge in [0.05, 0.1) is 0 Å². The Kier molecular flexibility index (Phi) is 2.21. The van der Waals surface area contributed by atoms with E-state index >= 15 is 0 Å². The fourth-order valence-electron chi connectivity index (χ4n) is 1.69. The molecular formula is C9H16O2. The van der Waals surface area contributed by atoms with Gasteiger partial charge >= 0.3 is 0 Å². The normalized spacial score (nSPS) is 30.8. The van der Waals surface area contributed by atoms with Crippen LogP contribution in [0.1, 0.15) is 33.6 Å². The number of hydrogen-bond acceptors (Lipinski definition) is 2. The van der Waals surface area contributed by atoms with Gasteiger partial charge in [-0.2, -0.15) is 0 Å². The standard InChI is InChI=1S/C9H16O2/c1-9(2,3)7-4-5-8(7)11-6-10/h6-8H,4-5H2,1-3H3/t7?,8-/m1/s1. The maximum atomic E-state index is 10.1. The van der Waals surface area contributed by atoms with Gasteiger partial charge in [0.1, 0.15) is 6.10 Å². The Morgan fingerprint density at radius 3 is 2.27 bits per heavy atom. The van der Waals surface area contributed by atoms with Gasteiger partial charge < -0.3 is 4.74 Å². The van der Waals surface area contributed by atoms with E-state index in [2.05, 4.69) is 20.8 Å². The van der Waals surface area contributed by atoms with Crippen LogP contribution in [0.2, 0.25) is 0 Å². The molecule has 0 saturated heterocycles. The van der Waals surface area contributed by atoms with Gasteiger partial charge in [-0.15, -0.1) is 0 Å². The monoisotopic (exact) mass is 156 g/mol. The zero-order chi connectivity index (χ0) is 8.48. The lowest BCUT2D eigenvalue weighted by atomic mass is 9.66. The van der Waals surface area contributed by atoms with Crippen LogP contribution in [0.25, 0.3) is 0 Å². The summed E-state index contributed by atoms with van der Waals surface area (Å²) in [6, 6.07) is 0. The molecule has 0 aromatic carbocycles. The molecule has 2 heteroatoms. The van der Waals surface area contributed by atoms with Crippen molar-refractivity contribution in [3.8, 4) is 0 Å². The van der Waals surface area contributed by atoms with Gasteiger partial charge in [-0.3, -0.25) is 4.79 Å². The molecule has 0 aromatic heterocycles. The van der Waals surface area contributed by atoms with Crippen molar-refractivity contribution < 1.29 is 9.53 Å². The quantitative estimate of drug-likeness (QED) is 0.571. The molecule has 1 aliphatic carbocycles. The molecule has 2 atom stereocenters. The molecule has 1 rings (SSSR count). The van der Waals surface area contributed by atoms with Crippen molar-refractivity contribution in [2.24, 2.45) is 11.3 Å². The number of ether oxygens (including phenoxy) is 1. The maximum Gasteiger partial charge on any atom is 0.293 e. The molecule has 2 nitrogen and oxygen atoms in total. The van der Waals surface area contributed by atoms with Crippen LogP contribution in [0, 0.1) is 11.3 Å². The number of carbonyl (C=O) groups is 1. The Balaban J connectivity index is 2.42. The van der Waals surface area contributed by atoms with Crippen LogP contribution >= 0.6 is 0 Å². The van der Waals surface area contributed by atoms with Gasteiger partial charge in [0.15, 0.2) is 0 Å². The van der Waals surface area contributed by atoms with Crippen LogP contribution in [0.5, 0.6) is 0 Å². The van der Waals surface area contributed by atoms with E-state index in [4.69, 9.17) is 4.74 Å². The third-order valence-corrected chi connectivity index (χ3v) is 2.55. The molecule has 64 valence electrons. The molecule has 1 aliphatic rings. The fourth-order valence-corrected chi connectivity index (χ4v) is 1.69. The summed E-state index contributed by atoms with van der Waals surface area (Å²) in [7, 11) is 0. The lowest BCUT2D eigenvalue weighted by Gasteiger charge is -2.43. The minimum Gasteiger partial charge on any atom is -0.464 e. The Hall–Kier alpha value is -0.530. The van der Waals surface area contributed by atoms with E-state index < -0.39 is 0 Å². The molecule has 0 N–H and O–H groups in total. The highest BCUT2D eigenvalue weighted by molar-refractivity contribution is 5.37. The summed E-state index contributed by atoms with van der Waals surface area (Å²) >= 11 is 0. The topological polar surface area (TPSA) is 26.3 Å². The molecule has 0 aliphatic heterocycles. The van der Waals surface area contributed by atoms with Crippen molar-refractivity contribution in [2.75, 3.05) is 0 Å². The van der Waals surface area contributed by atoms with E-state index in [-0.39, 0.29) is 11.5 Å². The summed E-state index contributed by atoms with van der Waals surface area (Å²) in [5, 5.41) is 0. The SMILES string of the molecule is CC(C)(C)C1CC[C@H]1OC=O. The second-order valence-electron chi connectivity index (χ2n) is 4.32. The lowest BCUT2D eigenvalue weighted by Crippen LogP contribution is -2.42. The summed E-state index contributed by atoms with van der Waals surface area (Å²) in [5.41, 5.74) is 0.284. The predicted molar refractivity (Wildman–Crippen MR) is 43.1 cm³/mol. The van der Waals surface area contributed by atoms with Gasteiger partial charge in [-0.25, -0.2) is 0 Å². The van der Waals surface area contributed by atoms with Crippen molar-refractivity contribution in [3.05, 3.63) is 0 Å². The van der Waals surface area contributed by atoms with Crippen molar-refractivity contribution in [1.29, 1.82) is 0 Å². The highest BCUT2D eigenvalue weighted by atomic mass is 16.5. The average molecular weight is 156 g/mol. The van der Waals surface area contributed by atoms with Gasteiger partial charge in [0.25, 0.3) is 6.47 Å². The summed E-state index contributed by atoms with van der Waals surface area (Å²) in [6.45, 7) is 7.15. The molecule has 1 fully saturated rings. The predicted octanol–water partition coefficient (Wildman–Crippen LogP) is 1.98. The second kappa shape index (κ2) is 2.84. The Morgan fingerprint density at radius 2 is 2.00 bits per heavy atom. The highest BCUT2D eigenvalue weighted by Gasteiger charge is 2.40. The minimum absolute atomic E-state index is 0.187. The van der Waals surface area contributed by atoms with Crippen LogP contribution in [0.4, 0.5) is 0 Å². The first kappa shape index (κ1) is 8.57. The highest BCUT2D eigenvalue weighted by Crippen LogP contribution is 2.42. The van der Waals surface area contributed by atoms with Crippen molar-refractivity contribution in [2.45, 2.75) is 39.7 Å². The second-order valence-corrected chi connectivity index (χ2v) is 4.32. The van der Waals surface area contributed by atoms with E-state index in [9.17, 15) is 4.79 Å². The first-order valence-electron chi connectivity index (χ1n) is 4.15. The van der Waals surface area contributed by atoms with E-state index in [1.165, 1.54) is 6.42 Å². The Morgan fingerprint density at radius 1 is 1.36 bits per heavy atom. The third-order valence-electron chi connectivity index (χ3n) is 2.55. The van der Waals surface area contributed by atoms with Crippen LogP contribution in [0.15, 0.2) is 0 Å². The van der Waals surface area contributed by atoms with Gasteiger partial charge in [0.2, 0.25) is 0 Å². The van der Waals surface area contributed by atoms with Crippen LogP contribution in [-0.4, -0.2) is 12.6 Å². The smallest absolute Gasteiger partial charge is 0.293 e. The molecule has 0 aromatic rings. The number of carbonyl (C=O) groups excluding carboxylic acids is 1. The van der Waals surface area contributed by atoms with Gasteiger partial charge in [0, 0.05) is 5.92 Å². The summed E-state index contributed by atoms with van der Waals surface area (Å²) < 4.78 is 4.94. The summed E-state index contributed by atoms with van der Waals surface area (Å²) in [4.78, 5) is 10.1. The van der Waals surface area contributed by atoms with E-state index in [1.54, 1.807) is 0 Å². The third kappa shape index (κ3) is 1.73. The number of rotatable bonds is 2. The van der Waals surface area contributed by atoms with Crippen LogP contribution in [0.3, 0.4) is 0 Å². The molecule has 0 bridgehead atoms. The molecule has 1 unspecified atom stereocenters. The van der Waals surface area contributed by atoms with Crippen molar-refractivity contribution in [3.63, 3.8) is 0 Å². The van der Waals surface area contributed by atoms with E-state index in [0.717, 1.165) is 6.42 Å². The zero-order valence-electron chi connectivity index (χ0n) is 7.46. The van der Waals surface area contributed by atoms with Gasteiger partial charge in [-0.05, 0) is 18.3 Å². The average Bonchev–Trinajstić information content (AvgIpc) is 1.75. The molecule has 0 amide bonds. The van der Waals surface area contributed by atoms with Crippen molar-refractivity contribution >= 4 is 6.47 Å². The van der Waals surface area contributed by atoms with Crippen LogP contribution < -0.4 is 0 Å².